The highest BCUT2D eigenvalue weighted by atomic mass is 35.5. The van der Waals surface area contributed by atoms with E-state index in [0.717, 1.165) is 42.9 Å². The maximum absolute atomic E-state index is 6.06. The molecule has 3 rings (SSSR count). The fraction of sp³-hybridized carbons (Fsp3) is 0.438. The van der Waals surface area contributed by atoms with Gasteiger partial charge in [0.15, 0.2) is 0 Å². The maximum Gasteiger partial charge on any atom is 0.140 e. The number of aromatic nitrogens is 1. The third-order valence-corrected chi connectivity index (χ3v) is 4.63. The first-order valence-corrected chi connectivity index (χ1v) is 7.98. The number of aryl methyl sites for hydroxylation is 1. The molecule has 0 atom stereocenters. The molecule has 0 saturated carbocycles. The largest absolute Gasteiger partial charge is 0.361 e. The average molecular weight is 325 g/mol. The Kier molecular flexibility index (Phi) is 4.53. The van der Waals surface area contributed by atoms with Crippen LogP contribution in [0, 0.1) is 0 Å². The zero-order valence-corrected chi connectivity index (χ0v) is 13.5. The van der Waals surface area contributed by atoms with Crippen LogP contribution in [0.1, 0.15) is 35.4 Å². The minimum absolute atomic E-state index is 0.591. The third kappa shape index (κ3) is 3.42. The summed E-state index contributed by atoms with van der Waals surface area (Å²) >= 11 is 12.0. The van der Waals surface area contributed by atoms with Crippen LogP contribution in [0.3, 0.4) is 0 Å². The number of hydrogen-bond acceptors (Lipinski definition) is 3. The SMILES string of the molecule is CN(Cc1ccc(Cl)c(Cl)c1)Cc1noc2c1CCCC2. The molecule has 1 aromatic carbocycles. The lowest BCUT2D eigenvalue weighted by molar-refractivity contribution is 0.301. The summed E-state index contributed by atoms with van der Waals surface area (Å²) in [6.07, 6.45) is 4.56. The zero-order valence-electron chi connectivity index (χ0n) is 12.0. The van der Waals surface area contributed by atoms with E-state index in [-0.39, 0.29) is 0 Å². The molecule has 1 heterocycles. The van der Waals surface area contributed by atoms with Crippen LogP contribution in [0.25, 0.3) is 0 Å². The van der Waals surface area contributed by atoms with Gasteiger partial charge in [0.1, 0.15) is 11.5 Å². The van der Waals surface area contributed by atoms with Crippen LogP contribution in [0.2, 0.25) is 10.0 Å². The molecule has 1 aliphatic carbocycles. The number of rotatable bonds is 4. The van der Waals surface area contributed by atoms with Gasteiger partial charge < -0.3 is 4.52 Å². The van der Waals surface area contributed by atoms with E-state index in [1.54, 1.807) is 0 Å². The number of fused-ring (bicyclic) bond motifs is 1. The predicted octanol–water partition coefficient (Wildman–Crippen LogP) is 4.49. The van der Waals surface area contributed by atoms with E-state index >= 15 is 0 Å². The molecule has 2 aromatic rings. The fourth-order valence-electron chi connectivity index (χ4n) is 2.83. The van der Waals surface area contributed by atoms with Crippen molar-refractivity contribution in [3.8, 4) is 0 Å². The Morgan fingerprint density at radius 1 is 1.14 bits per heavy atom. The molecule has 0 aliphatic heterocycles. The van der Waals surface area contributed by atoms with E-state index in [2.05, 4.69) is 17.1 Å². The van der Waals surface area contributed by atoms with Crippen LogP contribution < -0.4 is 0 Å². The topological polar surface area (TPSA) is 29.3 Å². The smallest absolute Gasteiger partial charge is 0.140 e. The maximum atomic E-state index is 6.06. The second-order valence-corrected chi connectivity index (χ2v) is 6.47. The number of benzene rings is 1. The zero-order chi connectivity index (χ0) is 14.8. The molecule has 112 valence electrons. The Balaban J connectivity index is 1.67. The molecule has 21 heavy (non-hydrogen) atoms. The molecule has 1 aromatic heterocycles. The third-order valence-electron chi connectivity index (χ3n) is 3.89. The number of halogens is 2. The van der Waals surface area contributed by atoms with Gasteiger partial charge in [-0.05, 0) is 44.0 Å². The summed E-state index contributed by atoms with van der Waals surface area (Å²) < 4.78 is 5.46. The lowest BCUT2D eigenvalue weighted by atomic mass is 9.96. The van der Waals surface area contributed by atoms with Gasteiger partial charge in [-0.2, -0.15) is 0 Å². The molecule has 1 aliphatic rings. The van der Waals surface area contributed by atoms with Crippen molar-refractivity contribution in [3.63, 3.8) is 0 Å². The van der Waals surface area contributed by atoms with E-state index in [1.165, 1.54) is 18.4 Å². The number of nitrogens with zero attached hydrogens (tertiary/aromatic N) is 2. The molecule has 0 fully saturated rings. The van der Waals surface area contributed by atoms with Crippen LogP contribution in [0.4, 0.5) is 0 Å². The molecule has 0 N–H and O–H groups in total. The second-order valence-electron chi connectivity index (χ2n) is 5.66. The summed E-state index contributed by atoms with van der Waals surface area (Å²) in [5.74, 6) is 1.08. The van der Waals surface area contributed by atoms with Crippen molar-refractivity contribution in [3.05, 3.63) is 50.8 Å². The summed E-state index contributed by atoms with van der Waals surface area (Å²) in [5.41, 5.74) is 3.54. The molecule has 0 bridgehead atoms. The highest BCUT2D eigenvalue weighted by molar-refractivity contribution is 6.42. The van der Waals surface area contributed by atoms with Crippen molar-refractivity contribution in [2.75, 3.05) is 7.05 Å². The lowest BCUT2D eigenvalue weighted by Gasteiger charge is -2.17. The highest BCUT2D eigenvalue weighted by Crippen LogP contribution is 2.26. The van der Waals surface area contributed by atoms with Crippen molar-refractivity contribution in [1.29, 1.82) is 0 Å². The van der Waals surface area contributed by atoms with Gasteiger partial charge in [0.05, 0.1) is 10.0 Å². The Bertz CT molecular complexity index is 639. The normalized spacial score (nSPS) is 14.5. The van der Waals surface area contributed by atoms with Crippen LogP contribution in [-0.2, 0) is 25.9 Å². The Morgan fingerprint density at radius 3 is 2.76 bits per heavy atom. The molecule has 0 saturated heterocycles. The molecule has 3 nitrogen and oxygen atoms in total. The second kappa shape index (κ2) is 6.39. The molecular formula is C16H18Cl2N2O. The molecule has 5 heteroatoms. The van der Waals surface area contributed by atoms with E-state index in [4.69, 9.17) is 27.7 Å². The molecule has 0 radical (unpaired) electrons. The molecule has 0 spiro atoms. The van der Waals surface area contributed by atoms with Gasteiger partial charge in [-0.25, -0.2) is 0 Å². The van der Waals surface area contributed by atoms with Crippen LogP contribution in [0.15, 0.2) is 22.7 Å². The average Bonchev–Trinajstić information content (AvgIpc) is 2.86. The van der Waals surface area contributed by atoms with Crippen LogP contribution in [-0.4, -0.2) is 17.1 Å². The molecule has 0 unspecified atom stereocenters. The van der Waals surface area contributed by atoms with E-state index in [9.17, 15) is 0 Å². The lowest BCUT2D eigenvalue weighted by Crippen LogP contribution is -2.18. The van der Waals surface area contributed by atoms with Gasteiger partial charge >= 0.3 is 0 Å². The van der Waals surface area contributed by atoms with Crippen molar-refractivity contribution >= 4 is 23.2 Å². The Labute approximate surface area is 134 Å². The minimum Gasteiger partial charge on any atom is -0.361 e. The van der Waals surface area contributed by atoms with Crippen molar-refractivity contribution in [2.24, 2.45) is 0 Å². The first kappa shape index (κ1) is 14.9. The van der Waals surface area contributed by atoms with Crippen LogP contribution in [0.5, 0.6) is 0 Å². The predicted molar refractivity (Wildman–Crippen MR) is 84.8 cm³/mol. The van der Waals surface area contributed by atoms with Crippen molar-refractivity contribution in [2.45, 2.75) is 38.8 Å². The first-order valence-electron chi connectivity index (χ1n) is 7.22. The molecule has 0 amide bonds. The van der Waals surface area contributed by atoms with Crippen LogP contribution >= 0.6 is 23.2 Å². The summed E-state index contributed by atoms with van der Waals surface area (Å²) in [7, 11) is 2.08. The number of hydrogen-bond donors (Lipinski definition) is 0. The van der Waals surface area contributed by atoms with Gasteiger partial charge in [0.25, 0.3) is 0 Å². The monoisotopic (exact) mass is 324 g/mol. The minimum atomic E-state index is 0.591. The van der Waals surface area contributed by atoms with Crippen molar-refractivity contribution in [1.82, 2.24) is 10.1 Å². The van der Waals surface area contributed by atoms with Gasteiger partial charge in [0.2, 0.25) is 0 Å². The van der Waals surface area contributed by atoms with Gasteiger partial charge in [-0.1, -0.05) is 34.4 Å². The van der Waals surface area contributed by atoms with E-state index < -0.39 is 0 Å². The fourth-order valence-corrected chi connectivity index (χ4v) is 3.16. The Morgan fingerprint density at radius 2 is 1.95 bits per heavy atom. The highest BCUT2D eigenvalue weighted by Gasteiger charge is 2.20. The van der Waals surface area contributed by atoms with E-state index in [1.807, 2.05) is 18.2 Å². The van der Waals surface area contributed by atoms with Gasteiger partial charge in [-0.15, -0.1) is 0 Å². The van der Waals surface area contributed by atoms with Gasteiger partial charge in [-0.3, -0.25) is 4.90 Å². The molecular weight excluding hydrogens is 307 g/mol. The van der Waals surface area contributed by atoms with Gasteiger partial charge in [0, 0.05) is 25.1 Å². The Hall–Kier alpha value is -1.03. The summed E-state index contributed by atoms with van der Waals surface area (Å²) in [4.78, 5) is 2.21. The first-order chi connectivity index (χ1) is 10.1. The quantitative estimate of drug-likeness (QED) is 0.829. The summed E-state index contributed by atoms with van der Waals surface area (Å²) in [6.45, 7) is 1.59. The summed E-state index contributed by atoms with van der Waals surface area (Å²) in [5, 5.41) is 5.44. The van der Waals surface area contributed by atoms with Crippen molar-refractivity contribution < 1.29 is 4.52 Å². The standard InChI is InChI=1S/C16H18Cl2N2O/c1-20(9-11-6-7-13(17)14(18)8-11)10-15-12-4-2-3-5-16(12)21-19-15/h6-8H,2-5,9-10H2,1H3. The summed E-state index contributed by atoms with van der Waals surface area (Å²) in [6, 6.07) is 5.76. The van der Waals surface area contributed by atoms with E-state index in [0.29, 0.717) is 10.0 Å².